The van der Waals surface area contributed by atoms with Gasteiger partial charge in [-0.05, 0) is 24.1 Å². The van der Waals surface area contributed by atoms with Gasteiger partial charge in [-0.2, -0.15) is 0 Å². The number of carbonyl (C=O) groups excluding carboxylic acids is 2. The highest BCUT2D eigenvalue weighted by Gasteiger charge is 2.34. The molecule has 0 unspecified atom stereocenters. The van der Waals surface area contributed by atoms with Crippen LogP contribution in [0, 0.1) is 5.92 Å². The number of benzene rings is 1. The second-order valence-corrected chi connectivity index (χ2v) is 5.92. The van der Waals surface area contributed by atoms with Crippen LogP contribution in [0.2, 0.25) is 10.0 Å². The SMILES string of the molecule is COC(=O)[C@@H](c1ccc(Cl)c(Cl)c1)N(C)C(=O)[C@H]1CCOC1. The normalized spacial score (nSPS) is 18.8. The van der Waals surface area contributed by atoms with E-state index in [1.54, 1.807) is 25.2 Å². The number of hydrogen-bond acceptors (Lipinski definition) is 4. The van der Waals surface area contributed by atoms with E-state index in [1.807, 2.05) is 0 Å². The summed E-state index contributed by atoms with van der Waals surface area (Å²) in [5, 5.41) is 0.699. The molecular weight excluding hydrogens is 329 g/mol. The highest BCUT2D eigenvalue weighted by molar-refractivity contribution is 6.42. The molecule has 1 aromatic rings. The minimum absolute atomic E-state index is 0.154. The minimum atomic E-state index is -0.868. The van der Waals surface area contributed by atoms with E-state index in [4.69, 9.17) is 32.7 Å². The maximum atomic E-state index is 12.5. The summed E-state index contributed by atoms with van der Waals surface area (Å²) >= 11 is 11.9. The first-order valence-electron chi connectivity index (χ1n) is 6.83. The first kappa shape index (κ1) is 17.1. The molecule has 1 fully saturated rings. The Bertz CT molecular complexity index is 573. The third-order valence-electron chi connectivity index (χ3n) is 3.70. The number of carbonyl (C=O) groups is 2. The molecule has 7 heteroatoms. The zero-order chi connectivity index (χ0) is 16.3. The molecule has 120 valence electrons. The number of likely N-dealkylation sites (N-methyl/N-ethyl adjacent to an activating group) is 1. The van der Waals surface area contributed by atoms with Gasteiger partial charge in [-0.15, -0.1) is 0 Å². The second kappa shape index (κ2) is 7.31. The van der Waals surface area contributed by atoms with Crippen molar-refractivity contribution in [2.24, 2.45) is 5.92 Å². The topological polar surface area (TPSA) is 55.8 Å². The van der Waals surface area contributed by atoms with Gasteiger partial charge in [-0.3, -0.25) is 4.79 Å². The fourth-order valence-electron chi connectivity index (χ4n) is 2.46. The molecule has 0 aromatic heterocycles. The highest BCUT2D eigenvalue weighted by Crippen LogP contribution is 2.30. The fraction of sp³-hybridized carbons (Fsp3) is 0.467. The molecule has 5 nitrogen and oxygen atoms in total. The number of amides is 1. The van der Waals surface area contributed by atoms with Crippen LogP contribution in [-0.2, 0) is 19.1 Å². The molecule has 1 amide bonds. The number of methoxy groups -OCH3 is 1. The van der Waals surface area contributed by atoms with Gasteiger partial charge in [0.2, 0.25) is 5.91 Å². The van der Waals surface area contributed by atoms with Crippen molar-refractivity contribution < 1.29 is 19.1 Å². The third-order valence-corrected chi connectivity index (χ3v) is 4.44. The Kier molecular flexibility index (Phi) is 5.67. The fourth-order valence-corrected chi connectivity index (χ4v) is 2.76. The molecule has 0 N–H and O–H groups in total. The van der Waals surface area contributed by atoms with Crippen LogP contribution in [-0.4, -0.2) is 44.1 Å². The summed E-state index contributed by atoms with van der Waals surface area (Å²) in [5.74, 6) is -0.924. The van der Waals surface area contributed by atoms with Crippen LogP contribution in [0.1, 0.15) is 18.0 Å². The Morgan fingerprint density at radius 3 is 2.64 bits per heavy atom. The Labute approximate surface area is 139 Å². The van der Waals surface area contributed by atoms with Crippen molar-refractivity contribution in [3.63, 3.8) is 0 Å². The van der Waals surface area contributed by atoms with E-state index in [0.717, 1.165) is 0 Å². The number of ether oxygens (including phenoxy) is 2. The van der Waals surface area contributed by atoms with Gasteiger partial charge in [-0.25, -0.2) is 4.79 Å². The van der Waals surface area contributed by atoms with Gasteiger partial charge >= 0.3 is 5.97 Å². The summed E-state index contributed by atoms with van der Waals surface area (Å²) in [6.45, 7) is 0.929. The summed E-state index contributed by atoms with van der Waals surface area (Å²) in [7, 11) is 2.86. The average Bonchev–Trinajstić information content (AvgIpc) is 3.04. The smallest absolute Gasteiger partial charge is 0.333 e. The molecule has 1 aliphatic heterocycles. The lowest BCUT2D eigenvalue weighted by molar-refractivity contribution is -0.153. The number of nitrogens with zero attached hydrogens (tertiary/aromatic N) is 1. The van der Waals surface area contributed by atoms with Crippen LogP contribution in [0.25, 0.3) is 0 Å². The van der Waals surface area contributed by atoms with Crippen LogP contribution < -0.4 is 0 Å². The maximum absolute atomic E-state index is 12.5. The average molecular weight is 346 g/mol. The molecule has 0 spiro atoms. The molecule has 0 bridgehead atoms. The van der Waals surface area contributed by atoms with Gasteiger partial charge in [0.05, 0.1) is 29.7 Å². The number of hydrogen-bond donors (Lipinski definition) is 0. The first-order chi connectivity index (χ1) is 10.5. The van der Waals surface area contributed by atoms with Crippen LogP contribution in [0.4, 0.5) is 0 Å². The second-order valence-electron chi connectivity index (χ2n) is 5.11. The van der Waals surface area contributed by atoms with Gasteiger partial charge in [-0.1, -0.05) is 29.3 Å². The van der Waals surface area contributed by atoms with E-state index in [9.17, 15) is 9.59 Å². The quantitative estimate of drug-likeness (QED) is 0.787. The Balaban J connectivity index is 2.30. The van der Waals surface area contributed by atoms with E-state index < -0.39 is 12.0 Å². The van der Waals surface area contributed by atoms with Crippen LogP contribution in [0.5, 0.6) is 0 Å². The van der Waals surface area contributed by atoms with Gasteiger partial charge in [0.1, 0.15) is 0 Å². The molecule has 2 rings (SSSR count). The zero-order valence-electron chi connectivity index (χ0n) is 12.3. The molecule has 0 radical (unpaired) electrons. The van der Waals surface area contributed by atoms with Gasteiger partial charge in [0.25, 0.3) is 0 Å². The Morgan fingerprint density at radius 2 is 2.09 bits per heavy atom. The summed E-state index contributed by atoms with van der Waals surface area (Å²) in [6.07, 6.45) is 0.651. The molecule has 2 atom stereocenters. The monoisotopic (exact) mass is 345 g/mol. The van der Waals surface area contributed by atoms with Crippen molar-refractivity contribution in [1.82, 2.24) is 4.90 Å². The van der Waals surface area contributed by atoms with Crippen molar-refractivity contribution in [2.45, 2.75) is 12.5 Å². The van der Waals surface area contributed by atoms with Gasteiger partial charge in [0, 0.05) is 13.7 Å². The number of rotatable bonds is 4. The van der Waals surface area contributed by atoms with Crippen molar-refractivity contribution in [2.75, 3.05) is 27.4 Å². The first-order valence-corrected chi connectivity index (χ1v) is 7.58. The predicted octanol–water partition coefficient (Wildman–Crippen LogP) is 2.70. The summed E-state index contributed by atoms with van der Waals surface area (Å²) < 4.78 is 10.1. The van der Waals surface area contributed by atoms with E-state index in [0.29, 0.717) is 35.2 Å². The van der Waals surface area contributed by atoms with Crippen molar-refractivity contribution in [3.8, 4) is 0 Å². The summed E-state index contributed by atoms with van der Waals surface area (Å²) in [5.41, 5.74) is 0.552. The van der Waals surface area contributed by atoms with Crippen LogP contribution in [0.15, 0.2) is 18.2 Å². The molecule has 0 saturated carbocycles. The van der Waals surface area contributed by atoms with Crippen LogP contribution in [0.3, 0.4) is 0 Å². The Morgan fingerprint density at radius 1 is 1.36 bits per heavy atom. The number of halogens is 2. The lowest BCUT2D eigenvalue weighted by Crippen LogP contribution is -2.40. The van der Waals surface area contributed by atoms with Gasteiger partial charge in [0.15, 0.2) is 6.04 Å². The van der Waals surface area contributed by atoms with E-state index >= 15 is 0 Å². The molecule has 1 aliphatic rings. The largest absolute Gasteiger partial charge is 0.467 e. The molecule has 0 aliphatic carbocycles. The molecule has 1 saturated heterocycles. The van der Waals surface area contributed by atoms with Crippen LogP contribution >= 0.6 is 23.2 Å². The van der Waals surface area contributed by atoms with Gasteiger partial charge < -0.3 is 14.4 Å². The molecule has 22 heavy (non-hydrogen) atoms. The lowest BCUT2D eigenvalue weighted by atomic mass is 10.0. The third kappa shape index (κ3) is 3.54. The summed E-state index contributed by atoms with van der Waals surface area (Å²) in [4.78, 5) is 26.0. The van der Waals surface area contributed by atoms with Crippen molar-refractivity contribution in [3.05, 3.63) is 33.8 Å². The molecular formula is C15H17Cl2NO4. The zero-order valence-corrected chi connectivity index (χ0v) is 13.9. The Hall–Kier alpha value is -1.30. The summed E-state index contributed by atoms with van der Waals surface area (Å²) in [6, 6.07) is 3.95. The maximum Gasteiger partial charge on any atom is 0.333 e. The lowest BCUT2D eigenvalue weighted by Gasteiger charge is -2.28. The van der Waals surface area contributed by atoms with E-state index in [-0.39, 0.29) is 11.8 Å². The van der Waals surface area contributed by atoms with Crippen molar-refractivity contribution >= 4 is 35.1 Å². The highest BCUT2D eigenvalue weighted by atomic mass is 35.5. The number of esters is 1. The molecule has 1 heterocycles. The predicted molar refractivity (Wildman–Crippen MR) is 82.9 cm³/mol. The van der Waals surface area contributed by atoms with E-state index in [2.05, 4.69) is 0 Å². The van der Waals surface area contributed by atoms with E-state index in [1.165, 1.54) is 12.0 Å². The molecule has 1 aromatic carbocycles. The minimum Gasteiger partial charge on any atom is -0.467 e. The standard InChI is InChI=1S/C15H17Cl2NO4/c1-18(14(19)10-5-6-22-8-10)13(15(20)21-2)9-3-4-11(16)12(17)7-9/h3-4,7,10,13H,5-6,8H2,1-2H3/t10-,13+/m0/s1. The van der Waals surface area contributed by atoms with Crippen molar-refractivity contribution in [1.29, 1.82) is 0 Å².